The third kappa shape index (κ3) is 8.88. The van der Waals surface area contributed by atoms with Crippen LogP contribution in [0.1, 0.15) is 60.8 Å². The Morgan fingerprint density at radius 2 is 1.03 bits per heavy atom. The Bertz CT molecular complexity index is 713. The van der Waals surface area contributed by atoms with E-state index < -0.39 is 0 Å². The number of amides is 6. The van der Waals surface area contributed by atoms with Crippen LogP contribution in [0.25, 0.3) is 0 Å². The van der Waals surface area contributed by atoms with Crippen LogP contribution in [0.5, 0.6) is 0 Å². The highest BCUT2D eigenvalue weighted by Crippen LogP contribution is 2.28. The van der Waals surface area contributed by atoms with Crippen molar-refractivity contribution >= 4 is 47.4 Å². The van der Waals surface area contributed by atoms with Crippen molar-refractivity contribution in [3.63, 3.8) is 0 Å². The fraction of sp³-hybridized carbons (Fsp3) is 0.840. The summed E-state index contributed by atoms with van der Waals surface area (Å²) in [5.74, 6) is 4.07. The van der Waals surface area contributed by atoms with Gasteiger partial charge in [-0.25, -0.2) is 9.59 Å². The molecule has 0 aromatic rings. The number of carbonyl (C=O) groups excluding carboxylic acids is 4. The van der Waals surface area contributed by atoms with Gasteiger partial charge in [0.2, 0.25) is 11.8 Å². The molecule has 10 heteroatoms. The van der Waals surface area contributed by atoms with Crippen LogP contribution in [0.15, 0.2) is 0 Å². The van der Waals surface area contributed by atoms with Crippen LogP contribution < -0.4 is 0 Å². The summed E-state index contributed by atoms with van der Waals surface area (Å²) in [7, 11) is 0. The highest BCUT2D eigenvalue weighted by atomic mass is 32.2. The Balaban J connectivity index is 1.55. The Labute approximate surface area is 219 Å². The van der Waals surface area contributed by atoms with Gasteiger partial charge in [-0.2, -0.15) is 23.5 Å². The first-order valence-corrected chi connectivity index (χ1v) is 15.1. The summed E-state index contributed by atoms with van der Waals surface area (Å²) in [6.07, 6.45) is 3.07. The number of thioether (sulfide) groups is 2. The lowest BCUT2D eigenvalue weighted by molar-refractivity contribution is -0.127. The molecule has 0 unspecified atom stereocenters. The average molecular weight is 529 g/mol. The molecule has 0 aliphatic carbocycles. The van der Waals surface area contributed by atoms with Gasteiger partial charge in [0.25, 0.3) is 0 Å². The molecule has 6 amide bonds. The summed E-state index contributed by atoms with van der Waals surface area (Å²) < 4.78 is 0. The average Bonchev–Trinajstić information content (AvgIpc) is 3.21. The number of hydrogen-bond acceptors (Lipinski definition) is 6. The van der Waals surface area contributed by atoms with Gasteiger partial charge in [-0.15, -0.1) is 0 Å². The minimum atomic E-state index is -0.153. The van der Waals surface area contributed by atoms with E-state index in [9.17, 15) is 19.2 Å². The quantitative estimate of drug-likeness (QED) is 0.220. The van der Waals surface area contributed by atoms with Crippen LogP contribution in [0, 0.1) is 10.8 Å². The number of rotatable bonds is 16. The predicted octanol–water partition coefficient (Wildman–Crippen LogP) is 4.24. The van der Waals surface area contributed by atoms with Crippen molar-refractivity contribution in [1.29, 1.82) is 0 Å². The molecule has 0 atom stereocenters. The monoisotopic (exact) mass is 528 g/mol. The van der Waals surface area contributed by atoms with Crippen molar-refractivity contribution in [2.75, 3.05) is 62.3 Å². The van der Waals surface area contributed by atoms with Gasteiger partial charge in [0, 0.05) is 26.2 Å². The van der Waals surface area contributed by atoms with Gasteiger partial charge in [0.15, 0.2) is 0 Å². The zero-order chi connectivity index (χ0) is 26.2. The van der Waals surface area contributed by atoms with Crippen molar-refractivity contribution in [2.24, 2.45) is 10.8 Å². The molecule has 2 fully saturated rings. The van der Waals surface area contributed by atoms with Crippen molar-refractivity contribution in [1.82, 2.24) is 19.6 Å². The molecule has 0 spiro atoms. The topological polar surface area (TPSA) is 81.2 Å². The lowest BCUT2D eigenvalue weighted by Crippen LogP contribution is -2.40. The summed E-state index contributed by atoms with van der Waals surface area (Å²) in [6.45, 7) is 14.8. The van der Waals surface area contributed by atoms with E-state index in [0.717, 1.165) is 42.3 Å². The van der Waals surface area contributed by atoms with Crippen LogP contribution in [0.2, 0.25) is 0 Å². The molecule has 2 saturated heterocycles. The van der Waals surface area contributed by atoms with Gasteiger partial charge in [0.1, 0.15) is 13.1 Å². The molecule has 0 saturated carbocycles. The first-order valence-electron chi connectivity index (χ1n) is 12.7. The van der Waals surface area contributed by atoms with E-state index >= 15 is 0 Å². The smallest absolute Gasteiger partial charge is 0.315 e. The zero-order valence-electron chi connectivity index (χ0n) is 22.4. The second kappa shape index (κ2) is 13.2. The first kappa shape index (κ1) is 29.8. The van der Waals surface area contributed by atoms with Crippen LogP contribution >= 0.6 is 23.5 Å². The van der Waals surface area contributed by atoms with Crippen LogP contribution in [0.3, 0.4) is 0 Å². The second-order valence-electron chi connectivity index (χ2n) is 11.0. The minimum absolute atomic E-state index is 0.0839. The predicted molar refractivity (Wildman–Crippen MR) is 145 cm³/mol. The van der Waals surface area contributed by atoms with Crippen LogP contribution in [-0.2, 0) is 9.59 Å². The number of carbonyl (C=O) groups is 4. The lowest BCUT2D eigenvalue weighted by Gasteiger charge is -2.29. The van der Waals surface area contributed by atoms with Gasteiger partial charge < -0.3 is 9.80 Å². The standard InChI is InChI=1S/C25H44N4O4S2/c1-7-26-16-20(30)28(22(26)32)18-24(3,4)10-14-34-12-9-13-35-15-11-25(5,6)19-29-21(31)17-27(8-2)23(29)33/h7-19H2,1-6H3. The lowest BCUT2D eigenvalue weighted by atomic mass is 9.89. The number of nitrogens with zero attached hydrogens (tertiary/aromatic N) is 4. The molecule has 0 aromatic heterocycles. The zero-order valence-corrected chi connectivity index (χ0v) is 24.1. The molecule has 35 heavy (non-hydrogen) atoms. The van der Waals surface area contributed by atoms with Gasteiger partial charge >= 0.3 is 12.1 Å². The molecule has 2 aliphatic heterocycles. The van der Waals surface area contributed by atoms with Gasteiger partial charge in [0.05, 0.1) is 0 Å². The largest absolute Gasteiger partial charge is 0.327 e. The molecular weight excluding hydrogens is 484 g/mol. The number of likely N-dealkylation sites (N-methyl/N-ethyl adjacent to an activating group) is 2. The second-order valence-corrected chi connectivity index (χ2v) is 13.4. The molecule has 2 rings (SSSR count). The number of imide groups is 2. The van der Waals surface area contributed by atoms with Crippen molar-refractivity contribution in [2.45, 2.75) is 60.8 Å². The van der Waals surface area contributed by atoms with E-state index in [1.165, 1.54) is 9.80 Å². The normalized spacial score (nSPS) is 17.5. The molecule has 0 N–H and O–H groups in total. The third-order valence-electron chi connectivity index (χ3n) is 6.62. The molecular formula is C25H44N4O4S2. The molecule has 200 valence electrons. The molecule has 0 bridgehead atoms. The summed E-state index contributed by atoms with van der Waals surface area (Å²) >= 11 is 3.87. The molecule has 0 aromatic carbocycles. The maximum Gasteiger partial charge on any atom is 0.327 e. The fourth-order valence-corrected chi connectivity index (χ4v) is 6.85. The van der Waals surface area contributed by atoms with Crippen molar-refractivity contribution < 1.29 is 19.2 Å². The first-order chi connectivity index (χ1) is 16.4. The maximum atomic E-state index is 12.3. The van der Waals surface area contributed by atoms with E-state index in [4.69, 9.17) is 0 Å². The summed E-state index contributed by atoms with van der Waals surface area (Å²) in [5, 5.41) is 0. The van der Waals surface area contributed by atoms with Gasteiger partial charge in [-0.1, -0.05) is 27.7 Å². The SMILES string of the molecule is CCN1CC(=O)N(CC(C)(C)CCSCCCSCCC(C)(C)CN2C(=O)CN(CC)C2=O)C1=O. The molecule has 2 aliphatic rings. The third-order valence-corrected chi connectivity index (χ3v) is 8.76. The number of urea groups is 2. The summed E-state index contributed by atoms with van der Waals surface area (Å²) in [5.41, 5.74) is -0.177. The van der Waals surface area contributed by atoms with Crippen LogP contribution in [0.4, 0.5) is 9.59 Å². The van der Waals surface area contributed by atoms with E-state index in [0.29, 0.717) is 26.2 Å². The Hall–Kier alpha value is -1.42. The maximum absolute atomic E-state index is 12.3. The van der Waals surface area contributed by atoms with E-state index in [-0.39, 0.29) is 47.8 Å². The highest BCUT2D eigenvalue weighted by molar-refractivity contribution is 8.00. The van der Waals surface area contributed by atoms with E-state index in [1.54, 1.807) is 9.80 Å². The Morgan fingerprint density at radius 1 is 0.657 bits per heavy atom. The Kier molecular flexibility index (Phi) is 11.3. The molecule has 0 radical (unpaired) electrons. The van der Waals surface area contributed by atoms with Gasteiger partial charge in [-0.3, -0.25) is 19.4 Å². The fourth-order valence-electron chi connectivity index (χ4n) is 4.17. The van der Waals surface area contributed by atoms with E-state index in [2.05, 4.69) is 27.7 Å². The van der Waals surface area contributed by atoms with Crippen LogP contribution in [-0.4, -0.2) is 106 Å². The van der Waals surface area contributed by atoms with E-state index in [1.807, 2.05) is 37.4 Å². The minimum Gasteiger partial charge on any atom is -0.315 e. The summed E-state index contributed by atoms with van der Waals surface area (Å²) in [4.78, 5) is 55.0. The van der Waals surface area contributed by atoms with Crippen molar-refractivity contribution in [3.05, 3.63) is 0 Å². The highest BCUT2D eigenvalue weighted by Gasteiger charge is 2.39. The molecule has 8 nitrogen and oxygen atoms in total. The Morgan fingerprint density at radius 3 is 1.34 bits per heavy atom. The van der Waals surface area contributed by atoms with Gasteiger partial charge in [-0.05, 0) is 67.0 Å². The summed E-state index contributed by atoms with van der Waals surface area (Å²) in [6, 6.07) is -0.306. The molecule has 2 heterocycles. The van der Waals surface area contributed by atoms with Crippen molar-refractivity contribution in [3.8, 4) is 0 Å². The number of hydrogen-bond donors (Lipinski definition) is 0.